The highest BCUT2D eigenvalue weighted by atomic mass is 32.2. The molecule has 3 rings (SSSR count). The Morgan fingerprint density at radius 1 is 1.04 bits per heavy atom. The molecule has 0 amide bonds. The fourth-order valence-corrected chi connectivity index (χ4v) is 4.67. The van der Waals surface area contributed by atoms with Crippen LogP contribution in [0.5, 0.6) is 0 Å². The first-order chi connectivity index (χ1) is 11.5. The Morgan fingerprint density at radius 2 is 1.75 bits per heavy atom. The molecule has 0 aromatic heterocycles. The minimum atomic E-state index is 0.503. The van der Waals surface area contributed by atoms with Gasteiger partial charge in [-0.3, -0.25) is 0 Å². The number of thioether (sulfide) groups is 1. The lowest BCUT2D eigenvalue weighted by Gasteiger charge is -2.21. The van der Waals surface area contributed by atoms with Gasteiger partial charge in [0, 0.05) is 27.6 Å². The Morgan fingerprint density at radius 3 is 2.46 bits per heavy atom. The maximum absolute atomic E-state index is 3.74. The fraction of sp³-hybridized carbons (Fsp3) is 0.429. The van der Waals surface area contributed by atoms with Crippen molar-refractivity contribution in [1.29, 1.82) is 0 Å². The van der Waals surface area contributed by atoms with Gasteiger partial charge in [0.2, 0.25) is 0 Å². The number of rotatable bonds is 6. The molecule has 0 fully saturated rings. The molecule has 0 radical (unpaired) electrons. The molecule has 128 valence electrons. The van der Waals surface area contributed by atoms with Crippen molar-refractivity contribution in [2.24, 2.45) is 5.92 Å². The molecule has 2 aromatic carbocycles. The molecule has 24 heavy (non-hydrogen) atoms. The van der Waals surface area contributed by atoms with E-state index in [1.807, 2.05) is 11.8 Å². The lowest BCUT2D eigenvalue weighted by Crippen LogP contribution is -2.18. The summed E-state index contributed by atoms with van der Waals surface area (Å²) < 4.78 is 0. The molecule has 0 saturated heterocycles. The first-order valence-electron chi connectivity index (χ1n) is 8.94. The number of hydrogen-bond donors (Lipinski definition) is 2. The van der Waals surface area contributed by atoms with E-state index in [1.165, 1.54) is 28.3 Å². The Balaban J connectivity index is 1.85. The van der Waals surface area contributed by atoms with Crippen LogP contribution in [0.3, 0.4) is 0 Å². The van der Waals surface area contributed by atoms with Crippen LogP contribution in [0.4, 0.5) is 17.1 Å². The molecule has 0 bridgehead atoms. The third-order valence-electron chi connectivity index (χ3n) is 4.35. The SMILES string of the molecule is CC(C)CC(C)Nc1ccc(Nc2ccccc2)c2c1CC(C)S2. The zero-order valence-corrected chi connectivity index (χ0v) is 15.9. The van der Waals surface area contributed by atoms with Crippen LogP contribution in [-0.2, 0) is 6.42 Å². The van der Waals surface area contributed by atoms with Crippen LogP contribution in [0.15, 0.2) is 47.4 Å². The van der Waals surface area contributed by atoms with Gasteiger partial charge in [-0.2, -0.15) is 0 Å². The van der Waals surface area contributed by atoms with Crippen molar-refractivity contribution < 1.29 is 0 Å². The van der Waals surface area contributed by atoms with E-state index >= 15 is 0 Å². The van der Waals surface area contributed by atoms with E-state index in [0.717, 1.165) is 12.1 Å². The summed E-state index contributed by atoms with van der Waals surface area (Å²) in [5.41, 5.74) is 5.17. The van der Waals surface area contributed by atoms with Crippen LogP contribution in [0, 0.1) is 5.92 Å². The van der Waals surface area contributed by atoms with Crippen LogP contribution in [0.1, 0.15) is 39.7 Å². The molecule has 1 aliphatic heterocycles. The van der Waals surface area contributed by atoms with E-state index < -0.39 is 0 Å². The Labute approximate surface area is 150 Å². The molecule has 2 nitrogen and oxygen atoms in total. The zero-order valence-electron chi connectivity index (χ0n) is 15.1. The van der Waals surface area contributed by atoms with Gasteiger partial charge in [-0.25, -0.2) is 0 Å². The second-order valence-electron chi connectivity index (χ2n) is 7.27. The van der Waals surface area contributed by atoms with Gasteiger partial charge in [-0.15, -0.1) is 11.8 Å². The number of fused-ring (bicyclic) bond motifs is 1. The summed E-state index contributed by atoms with van der Waals surface area (Å²) in [6.45, 7) is 9.17. The van der Waals surface area contributed by atoms with Gasteiger partial charge >= 0.3 is 0 Å². The summed E-state index contributed by atoms with van der Waals surface area (Å²) in [4.78, 5) is 1.41. The van der Waals surface area contributed by atoms with Gasteiger partial charge in [0.1, 0.15) is 0 Å². The highest BCUT2D eigenvalue weighted by Crippen LogP contribution is 2.46. The standard InChI is InChI=1S/C21H28N2S/c1-14(2)12-15(3)22-19-10-11-20(21-18(19)13-16(4)24-21)23-17-8-6-5-7-9-17/h5-11,14-16,22-23H,12-13H2,1-4H3. The van der Waals surface area contributed by atoms with Crippen molar-refractivity contribution in [2.75, 3.05) is 10.6 Å². The fourth-order valence-electron chi connectivity index (χ4n) is 3.44. The highest BCUT2D eigenvalue weighted by Gasteiger charge is 2.25. The monoisotopic (exact) mass is 340 g/mol. The molecule has 2 N–H and O–H groups in total. The molecule has 0 aliphatic carbocycles. The molecular weight excluding hydrogens is 312 g/mol. The molecule has 1 heterocycles. The number of para-hydroxylation sites is 1. The van der Waals surface area contributed by atoms with Gasteiger partial charge in [0.25, 0.3) is 0 Å². The zero-order chi connectivity index (χ0) is 17.1. The van der Waals surface area contributed by atoms with Crippen molar-refractivity contribution in [2.45, 2.75) is 56.7 Å². The maximum atomic E-state index is 3.74. The van der Waals surface area contributed by atoms with Crippen LogP contribution in [0.25, 0.3) is 0 Å². The third kappa shape index (κ3) is 4.07. The first kappa shape index (κ1) is 17.2. The van der Waals surface area contributed by atoms with E-state index in [9.17, 15) is 0 Å². The minimum Gasteiger partial charge on any atom is -0.382 e. The summed E-state index contributed by atoms with van der Waals surface area (Å²) in [5.74, 6) is 0.716. The van der Waals surface area contributed by atoms with Crippen molar-refractivity contribution in [3.8, 4) is 0 Å². The van der Waals surface area contributed by atoms with E-state index in [2.05, 4.69) is 80.8 Å². The van der Waals surface area contributed by atoms with E-state index in [1.54, 1.807) is 0 Å². The second-order valence-corrected chi connectivity index (χ2v) is 8.72. The largest absolute Gasteiger partial charge is 0.382 e. The molecule has 2 unspecified atom stereocenters. The second kappa shape index (κ2) is 7.52. The average Bonchev–Trinajstić information content (AvgIpc) is 2.92. The smallest absolute Gasteiger partial charge is 0.0526 e. The van der Waals surface area contributed by atoms with Gasteiger partial charge < -0.3 is 10.6 Å². The summed E-state index contributed by atoms with van der Waals surface area (Å²) in [5, 5.41) is 7.97. The first-order valence-corrected chi connectivity index (χ1v) is 9.82. The van der Waals surface area contributed by atoms with Crippen LogP contribution in [0.2, 0.25) is 0 Å². The molecule has 2 aromatic rings. The summed E-state index contributed by atoms with van der Waals surface area (Å²) in [6, 6.07) is 15.4. The third-order valence-corrected chi connectivity index (χ3v) is 5.62. The van der Waals surface area contributed by atoms with Crippen molar-refractivity contribution in [3.63, 3.8) is 0 Å². The predicted molar refractivity (Wildman–Crippen MR) is 108 cm³/mol. The maximum Gasteiger partial charge on any atom is 0.0526 e. The number of benzene rings is 2. The Hall–Kier alpha value is -1.61. The summed E-state index contributed by atoms with van der Waals surface area (Å²) >= 11 is 1.99. The van der Waals surface area contributed by atoms with Gasteiger partial charge in [-0.05, 0) is 55.5 Å². The van der Waals surface area contributed by atoms with Crippen LogP contribution < -0.4 is 10.6 Å². The lowest BCUT2D eigenvalue weighted by molar-refractivity contribution is 0.539. The number of nitrogens with one attached hydrogen (secondary N) is 2. The van der Waals surface area contributed by atoms with Crippen LogP contribution in [-0.4, -0.2) is 11.3 Å². The number of hydrogen-bond acceptors (Lipinski definition) is 3. The lowest BCUT2D eigenvalue weighted by atomic mass is 10.0. The van der Waals surface area contributed by atoms with Gasteiger partial charge in [-0.1, -0.05) is 39.0 Å². The molecule has 0 saturated carbocycles. The average molecular weight is 341 g/mol. The Bertz CT molecular complexity index is 682. The van der Waals surface area contributed by atoms with Crippen molar-refractivity contribution in [1.82, 2.24) is 0 Å². The Kier molecular flexibility index (Phi) is 5.40. The topological polar surface area (TPSA) is 24.1 Å². The van der Waals surface area contributed by atoms with Gasteiger partial charge in [0.05, 0.1) is 5.69 Å². The van der Waals surface area contributed by atoms with E-state index in [0.29, 0.717) is 17.2 Å². The van der Waals surface area contributed by atoms with Crippen LogP contribution >= 0.6 is 11.8 Å². The summed E-state index contributed by atoms with van der Waals surface area (Å²) in [6.07, 6.45) is 2.34. The molecular formula is C21H28N2S. The molecule has 1 aliphatic rings. The molecule has 0 spiro atoms. The normalized spacial score (nSPS) is 17.6. The summed E-state index contributed by atoms with van der Waals surface area (Å²) in [7, 11) is 0. The predicted octanol–water partition coefficient (Wildman–Crippen LogP) is 6.31. The highest BCUT2D eigenvalue weighted by molar-refractivity contribution is 8.00. The van der Waals surface area contributed by atoms with Crippen molar-refractivity contribution in [3.05, 3.63) is 48.0 Å². The van der Waals surface area contributed by atoms with E-state index in [-0.39, 0.29) is 0 Å². The molecule has 2 atom stereocenters. The van der Waals surface area contributed by atoms with E-state index in [4.69, 9.17) is 0 Å². The minimum absolute atomic E-state index is 0.503. The number of anilines is 3. The molecule has 3 heteroatoms. The van der Waals surface area contributed by atoms with Crippen molar-refractivity contribution >= 4 is 28.8 Å². The van der Waals surface area contributed by atoms with Gasteiger partial charge in [0.15, 0.2) is 0 Å². The quantitative estimate of drug-likeness (QED) is 0.644.